The Morgan fingerprint density at radius 2 is 2.13 bits per heavy atom. The van der Waals surface area contributed by atoms with E-state index in [0.717, 1.165) is 19.3 Å². The number of carboxylic acids is 1. The summed E-state index contributed by atoms with van der Waals surface area (Å²) in [7, 11) is 0. The topological polar surface area (TPSA) is 57.5 Å². The molecule has 0 amide bonds. The Hall–Kier alpha value is -1.09. The molecule has 0 saturated carbocycles. The largest absolute Gasteiger partial charge is 0.481 e. The molecule has 0 aliphatic heterocycles. The van der Waals surface area contributed by atoms with Gasteiger partial charge in [0.1, 0.15) is 5.92 Å². The van der Waals surface area contributed by atoms with E-state index < -0.39 is 18.0 Å². The number of aliphatic carboxylic acids is 1. The van der Waals surface area contributed by atoms with E-state index in [4.69, 9.17) is 5.11 Å². The molecule has 0 spiro atoms. The molecule has 0 rings (SSSR count). The zero-order valence-corrected chi connectivity index (χ0v) is 9.22. The van der Waals surface area contributed by atoms with Gasteiger partial charge in [-0.25, -0.2) is 0 Å². The summed E-state index contributed by atoms with van der Waals surface area (Å²) < 4.78 is 0. The average Bonchev–Trinajstić information content (AvgIpc) is 2.18. The van der Waals surface area contributed by atoms with Crippen molar-refractivity contribution in [2.45, 2.75) is 38.7 Å². The van der Waals surface area contributed by atoms with Gasteiger partial charge in [-0.2, -0.15) is 0 Å². The summed E-state index contributed by atoms with van der Waals surface area (Å²) in [6, 6.07) is 0. The van der Waals surface area contributed by atoms with Crippen molar-refractivity contribution in [1.29, 1.82) is 0 Å². The summed E-state index contributed by atoms with van der Waals surface area (Å²) in [5.41, 5.74) is 0. The van der Waals surface area contributed by atoms with Crippen molar-refractivity contribution in [3.63, 3.8) is 0 Å². The van der Waals surface area contributed by atoms with Crippen LogP contribution in [-0.4, -0.2) is 22.3 Å². The Labute approximate surface area is 91.1 Å². The third-order valence-electron chi connectivity index (χ3n) is 2.26. The summed E-state index contributed by atoms with van der Waals surface area (Å²) in [6.07, 6.45) is 7.23. The molecule has 0 aromatic heterocycles. The monoisotopic (exact) mass is 212 g/mol. The highest BCUT2D eigenvalue weighted by atomic mass is 16.4. The lowest BCUT2D eigenvalue weighted by molar-refractivity contribution is -0.143. The number of hydrogen-bond acceptors (Lipinski definition) is 2. The molecule has 2 atom stereocenters. The van der Waals surface area contributed by atoms with Crippen LogP contribution in [-0.2, 0) is 4.79 Å². The van der Waals surface area contributed by atoms with Crippen LogP contribution >= 0.6 is 0 Å². The predicted octanol–water partition coefficient (Wildman–Crippen LogP) is 2.37. The van der Waals surface area contributed by atoms with Gasteiger partial charge in [0, 0.05) is 0 Å². The second-order valence-corrected chi connectivity index (χ2v) is 3.55. The van der Waals surface area contributed by atoms with Crippen LogP contribution in [0.3, 0.4) is 0 Å². The molecule has 0 heterocycles. The van der Waals surface area contributed by atoms with Crippen molar-refractivity contribution in [2.24, 2.45) is 5.92 Å². The molecule has 3 heteroatoms. The van der Waals surface area contributed by atoms with E-state index in [2.05, 4.69) is 13.5 Å². The van der Waals surface area contributed by atoms with Crippen LogP contribution in [0.2, 0.25) is 0 Å². The molecular weight excluding hydrogens is 192 g/mol. The molecule has 0 aliphatic carbocycles. The van der Waals surface area contributed by atoms with Crippen molar-refractivity contribution in [1.82, 2.24) is 0 Å². The number of hydrogen-bond donors (Lipinski definition) is 2. The van der Waals surface area contributed by atoms with Gasteiger partial charge in [-0.15, -0.1) is 0 Å². The number of unbranched alkanes of at least 4 members (excludes halogenated alkanes) is 2. The van der Waals surface area contributed by atoms with Crippen LogP contribution in [0.4, 0.5) is 0 Å². The lowest BCUT2D eigenvalue weighted by Gasteiger charge is -2.15. The van der Waals surface area contributed by atoms with Gasteiger partial charge in [0.05, 0.1) is 6.10 Å². The molecule has 2 N–H and O–H groups in total. The van der Waals surface area contributed by atoms with Gasteiger partial charge in [-0.05, 0) is 6.42 Å². The van der Waals surface area contributed by atoms with Crippen molar-refractivity contribution < 1.29 is 15.0 Å². The number of carboxylic acid groups (broad SMARTS) is 1. The minimum Gasteiger partial charge on any atom is -0.481 e. The lowest BCUT2D eigenvalue weighted by Crippen LogP contribution is -2.26. The second-order valence-electron chi connectivity index (χ2n) is 3.55. The summed E-state index contributed by atoms with van der Waals surface area (Å²) in [4.78, 5) is 10.8. The van der Waals surface area contributed by atoms with E-state index >= 15 is 0 Å². The third-order valence-corrected chi connectivity index (χ3v) is 2.26. The molecule has 3 nitrogen and oxygen atoms in total. The SMILES string of the molecule is C=C/C=C/[C@@H](C(=O)O)[C@H](O)CCCCC. The molecule has 0 bridgehead atoms. The first-order valence-electron chi connectivity index (χ1n) is 5.33. The highest BCUT2D eigenvalue weighted by Gasteiger charge is 2.22. The zero-order chi connectivity index (χ0) is 11.7. The smallest absolute Gasteiger partial charge is 0.313 e. The summed E-state index contributed by atoms with van der Waals surface area (Å²) in [6.45, 7) is 5.53. The molecule has 0 unspecified atom stereocenters. The highest BCUT2D eigenvalue weighted by Crippen LogP contribution is 2.14. The second kappa shape index (κ2) is 8.24. The van der Waals surface area contributed by atoms with Gasteiger partial charge in [0.25, 0.3) is 0 Å². The molecule has 15 heavy (non-hydrogen) atoms. The first kappa shape index (κ1) is 13.9. The molecule has 0 radical (unpaired) electrons. The molecule has 0 aromatic carbocycles. The Kier molecular flexibility index (Phi) is 7.64. The van der Waals surface area contributed by atoms with E-state index in [1.165, 1.54) is 12.2 Å². The first-order chi connectivity index (χ1) is 7.13. The Balaban J connectivity index is 4.16. The standard InChI is InChI=1S/C12H20O3/c1-3-5-7-9-11(13)10(12(14)15)8-6-4-2/h4,6,8,10-11,13H,2-3,5,7,9H2,1H3,(H,14,15)/b8-6+/t10-,11-/m1/s1. The number of aliphatic hydroxyl groups excluding tert-OH is 1. The number of rotatable bonds is 8. The number of aliphatic hydroxyl groups is 1. The molecular formula is C12H20O3. The van der Waals surface area contributed by atoms with Gasteiger partial charge >= 0.3 is 5.97 Å². The van der Waals surface area contributed by atoms with Crippen molar-refractivity contribution in [2.75, 3.05) is 0 Å². The zero-order valence-electron chi connectivity index (χ0n) is 9.22. The lowest BCUT2D eigenvalue weighted by atomic mass is 9.97. The van der Waals surface area contributed by atoms with Gasteiger partial charge in [0.15, 0.2) is 0 Å². The van der Waals surface area contributed by atoms with Crippen molar-refractivity contribution in [3.8, 4) is 0 Å². The van der Waals surface area contributed by atoms with Crippen LogP contribution < -0.4 is 0 Å². The first-order valence-corrected chi connectivity index (χ1v) is 5.33. The van der Waals surface area contributed by atoms with Gasteiger partial charge in [-0.3, -0.25) is 4.79 Å². The Bertz CT molecular complexity index is 221. The maximum atomic E-state index is 10.8. The maximum absolute atomic E-state index is 10.8. The van der Waals surface area contributed by atoms with E-state index in [9.17, 15) is 9.90 Å². The fourth-order valence-electron chi connectivity index (χ4n) is 1.36. The number of carbonyl (C=O) groups is 1. The summed E-state index contributed by atoms with van der Waals surface area (Å²) in [5.74, 6) is -1.81. The van der Waals surface area contributed by atoms with E-state index in [0.29, 0.717) is 6.42 Å². The van der Waals surface area contributed by atoms with Crippen LogP contribution in [0.1, 0.15) is 32.6 Å². The predicted molar refractivity (Wildman–Crippen MR) is 60.6 cm³/mol. The van der Waals surface area contributed by atoms with Crippen molar-refractivity contribution in [3.05, 3.63) is 24.8 Å². The Morgan fingerprint density at radius 1 is 1.47 bits per heavy atom. The fraction of sp³-hybridized carbons (Fsp3) is 0.583. The van der Waals surface area contributed by atoms with E-state index in [-0.39, 0.29) is 0 Å². The molecule has 0 aromatic rings. The van der Waals surface area contributed by atoms with E-state index in [1.54, 1.807) is 6.08 Å². The van der Waals surface area contributed by atoms with Crippen LogP contribution in [0.5, 0.6) is 0 Å². The van der Waals surface area contributed by atoms with Crippen molar-refractivity contribution >= 4 is 5.97 Å². The van der Waals surface area contributed by atoms with E-state index in [1.807, 2.05) is 0 Å². The minimum atomic E-state index is -0.989. The van der Waals surface area contributed by atoms with Crippen LogP contribution in [0.15, 0.2) is 24.8 Å². The average molecular weight is 212 g/mol. The minimum absolute atomic E-state index is 0.534. The highest BCUT2D eigenvalue weighted by molar-refractivity contribution is 5.72. The summed E-state index contributed by atoms with van der Waals surface area (Å²) >= 11 is 0. The Morgan fingerprint density at radius 3 is 2.60 bits per heavy atom. The number of allylic oxidation sites excluding steroid dienone is 2. The molecule has 0 saturated heterocycles. The maximum Gasteiger partial charge on any atom is 0.313 e. The van der Waals surface area contributed by atoms with Crippen LogP contribution in [0.25, 0.3) is 0 Å². The third kappa shape index (κ3) is 6.07. The molecule has 0 fully saturated rings. The van der Waals surface area contributed by atoms with Gasteiger partial charge in [-0.1, -0.05) is 51.0 Å². The molecule has 0 aliphatic rings. The van der Waals surface area contributed by atoms with Crippen LogP contribution in [0, 0.1) is 5.92 Å². The fourth-order valence-corrected chi connectivity index (χ4v) is 1.36. The normalized spacial score (nSPS) is 15.1. The quantitative estimate of drug-likeness (QED) is 0.479. The summed E-state index contributed by atoms with van der Waals surface area (Å²) in [5, 5.41) is 18.5. The molecule has 86 valence electrons. The van der Waals surface area contributed by atoms with Gasteiger partial charge < -0.3 is 10.2 Å². The van der Waals surface area contributed by atoms with Gasteiger partial charge in [0.2, 0.25) is 0 Å².